The van der Waals surface area contributed by atoms with E-state index in [-0.39, 0.29) is 16.5 Å². The Morgan fingerprint density at radius 2 is 2.11 bits per heavy atom. The Labute approximate surface area is 157 Å². The number of amides is 3. The molecule has 0 unspecified atom stereocenters. The van der Waals surface area contributed by atoms with E-state index in [0.717, 1.165) is 42.8 Å². The monoisotopic (exact) mass is 390 g/mol. The first-order valence-electron chi connectivity index (χ1n) is 8.74. The molecule has 10 heteroatoms. The van der Waals surface area contributed by atoms with Gasteiger partial charge in [0.1, 0.15) is 15.5 Å². The Hall–Kier alpha value is -2.75. The fraction of sp³-hybridized carbons (Fsp3) is 0.471. The Morgan fingerprint density at radius 3 is 2.85 bits per heavy atom. The van der Waals surface area contributed by atoms with Crippen LogP contribution in [0.15, 0.2) is 4.79 Å². The van der Waals surface area contributed by atoms with E-state index in [9.17, 15) is 19.2 Å². The second-order valence-electron chi connectivity index (χ2n) is 6.70. The van der Waals surface area contributed by atoms with Crippen LogP contribution in [0.2, 0.25) is 0 Å². The first-order valence-corrected chi connectivity index (χ1v) is 9.56. The minimum atomic E-state index is -0.711. The van der Waals surface area contributed by atoms with E-state index >= 15 is 0 Å². The number of nitrogens with zero attached hydrogens (tertiary/aromatic N) is 2. The van der Waals surface area contributed by atoms with Gasteiger partial charge in [0.2, 0.25) is 0 Å². The number of imide groups is 1. The number of hydrogen-bond donors (Lipinski definition) is 2. The Bertz CT molecular complexity index is 1020. The highest BCUT2D eigenvalue weighted by molar-refractivity contribution is 7.20. The lowest BCUT2D eigenvalue weighted by atomic mass is 10.2. The molecule has 27 heavy (non-hydrogen) atoms. The van der Waals surface area contributed by atoms with Gasteiger partial charge in [0, 0.05) is 19.0 Å². The highest BCUT2D eigenvalue weighted by Crippen LogP contribution is 2.29. The molecule has 0 saturated heterocycles. The maximum Gasteiger partial charge on any atom is 0.349 e. The third-order valence-corrected chi connectivity index (χ3v) is 5.76. The van der Waals surface area contributed by atoms with Gasteiger partial charge < -0.3 is 10.1 Å². The van der Waals surface area contributed by atoms with E-state index in [1.54, 1.807) is 11.5 Å². The molecular formula is C17H18N4O5S. The molecule has 1 aliphatic heterocycles. The van der Waals surface area contributed by atoms with Crippen LogP contribution in [0.25, 0.3) is 10.2 Å². The van der Waals surface area contributed by atoms with Gasteiger partial charge in [0.15, 0.2) is 6.61 Å². The summed E-state index contributed by atoms with van der Waals surface area (Å²) in [5, 5.41) is 5.14. The van der Waals surface area contributed by atoms with Crippen LogP contribution in [0.1, 0.15) is 40.3 Å². The van der Waals surface area contributed by atoms with Gasteiger partial charge in [-0.15, -0.1) is 11.3 Å². The van der Waals surface area contributed by atoms with Gasteiger partial charge in [-0.05, 0) is 31.7 Å². The fourth-order valence-corrected chi connectivity index (χ4v) is 4.16. The van der Waals surface area contributed by atoms with Crippen LogP contribution in [0, 0.1) is 6.92 Å². The minimum Gasteiger partial charge on any atom is -0.451 e. The number of ether oxygens (including phenoxy) is 1. The van der Waals surface area contributed by atoms with E-state index in [1.165, 1.54) is 0 Å². The van der Waals surface area contributed by atoms with Crippen LogP contribution >= 0.6 is 11.3 Å². The summed E-state index contributed by atoms with van der Waals surface area (Å²) < 4.78 is 6.65. The number of carbonyl (C=O) groups is 3. The summed E-state index contributed by atoms with van der Waals surface area (Å²) in [6, 6.07) is -0.474. The zero-order valence-electron chi connectivity index (χ0n) is 14.7. The molecule has 0 aromatic carbocycles. The zero-order valence-corrected chi connectivity index (χ0v) is 15.5. The van der Waals surface area contributed by atoms with Crippen molar-refractivity contribution in [2.24, 2.45) is 0 Å². The molecule has 2 N–H and O–H groups in total. The van der Waals surface area contributed by atoms with E-state index < -0.39 is 24.5 Å². The Morgan fingerprint density at radius 1 is 1.33 bits per heavy atom. The molecule has 2 aromatic heterocycles. The lowest BCUT2D eigenvalue weighted by molar-refractivity contribution is -0.123. The fourth-order valence-electron chi connectivity index (χ4n) is 3.08. The molecule has 1 aliphatic carbocycles. The molecule has 4 rings (SSSR count). The van der Waals surface area contributed by atoms with Crippen LogP contribution in [0.4, 0.5) is 4.79 Å². The van der Waals surface area contributed by atoms with Crippen molar-refractivity contribution in [2.75, 3.05) is 6.61 Å². The van der Waals surface area contributed by atoms with Gasteiger partial charge in [-0.3, -0.25) is 19.5 Å². The van der Waals surface area contributed by atoms with Gasteiger partial charge in [-0.1, -0.05) is 0 Å². The van der Waals surface area contributed by atoms with Crippen molar-refractivity contribution in [1.29, 1.82) is 0 Å². The molecule has 2 aromatic rings. The molecule has 2 aliphatic rings. The number of aryl methyl sites for hydroxylation is 2. The second kappa shape index (κ2) is 6.76. The maximum absolute atomic E-state index is 12.6. The highest BCUT2D eigenvalue weighted by Gasteiger charge is 2.26. The number of urea groups is 1. The molecular weight excluding hydrogens is 372 g/mol. The van der Waals surface area contributed by atoms with Crippen molar-refractivity contribution in [2.45, 2.75) is 45.2 Å². The smallest absolute Gasteiger partial charge is 0.349 e. The molecule has 0 spiro atoms. The third kappa shape index (κ3) is 3.44. The average Bonchev–Trinajstić information content (AvgIpc) is 3.18. The minimum absolute atomic E-state index is 0.120. The summed E-state index contributed by atoms with van der Waals surface area (Å²) >= 11 is 1.08. The molecule has 0 radical (unpaired) electrons. The topological polar surface area (TPSA) is 119 Å². The predicted molar refractivity (Wildman–Crippen MR) is 96.9 cm³/mol. The molecule has 9 nitrogen and oxygen atoms in total. The molecule has 3 heterocycles. The number of thiophene rings is 1. The van der Waals surface area contributed by atoms with Crippen molar-refractivity contribution in [1.82, 2.24) is 20.2 Å². The maximum atomic E-state index is 12.6. The molecule has 1 saturated carbocycles. The van der Waals surface area contributed by atoms with E-state index in [4.69, 9.17) is 4.74 Å². The van der Waals surface area contributed by atoms with Gasteiger partial charge in [0.05, 0.1) is 5.39 Å². The summed E-state index contributed by atoms with van der Waals surface area (Å²) in [4.78, 5) is 53.4. The molecule has 0 atom stereocenters. The summed E-state index contributed by atoms with van der Waals surface area (Å²) in [5.41, 5.74) is 0.362. The number of rotatable bonds is 4. The number of aromatic nitrogens is 2. The van der Waals surface area contributed by atoms with Gasteiger partial charge >= 0.3 is 12.0 Å². The van der Waals surface area contributed by atoms with Crippen molar-refractivity contribution in [3.63, 3.8) is 0 Å². The Kier molecular flexibility index (Phi) is 4.42. The predicted octanol–water partition coefficient (Wildman–Crippen LogP) is 0.858. The standard InChI is InChI=1S/C17H18N4O5S/c1-8-12-14(19-10-3-2-6-21(10)15(12)23)27-13(8)16(24)26-7-11(22)20-17(25)18-9-4-5-9/h9H,2-7H2,1H3,(H2,18,20,22,25). The summed E-state index contributed by atoms with van der Waals surface area (Å²) in [7, 11) is 0. The van der Waals surface area contributed by atoms with Crippen molar-refractivity contribution in [3.8, 4) is 0 Å². The summed E-state index contributed by atoms with van der Waals surface area (Å²) in [6.07, 6.45) is 3.43. The average molecular weight is 390 g/mol. The van der Waals surface area contributed by atoms with Gasteiger partial charge in [0.25, 0.3) is 11.5 Å². The van der Waals surface area contributed by atoms with Gasteiger partial charge in [-0.2, -0.15) is 0 Å². The van der Waals surface area contributed by atoms with Crippen LogP contribution in [0.5, 0.6) is 0 Å². The lowest BCUT2D eigenvalue weighted by Gasteiger charge is -2.06. The lowest BCUT2D eigenvalue weighted by Crippen LogP contribution is -2.42. The quantitative estimate of drug-likeness (QED) is 0.747. The van der Waals surface area contributed by atoms with E-state index in [1.807, 2.05) is 0 Å². The number of nitrogens with one attached hydrogen (secondary N) is 2. The Balaban J connectivity index is 1.45. The van der Waals surface area contributed by atoms with Crippen LogP contribution in [-0.4, -0.2) is 40.1 Å². The van der Waals surface area contributed by atoms with E-state index in [0.29, 0.717) is 22.3 Å². The SMILES string of the molecule is Cc1c(C(=O)OCC(=O)NC(=O)NC2CC2)sc2nc3n(c(=O)c12)CCC3. The number of carbonyl (C=O) groups excluding carboxylic acids is 3. The van der Waals surface area contributed by atoms with Crippen molar-refractivity contribution >= 4 is 39.5 Å². The number of fused-ring (bicyclic) bond motifs is 2. The number of esters is 1. The van der Waals surface area contributed by atoms with Crippen LogP contribution in [0.3, 0.4) is 0 Å². The third-order valence-electron chi connectivity index (χ3n) is 4.60. The molecule has 1 fully saturated rings. The second-order valence-corrected chi connectivity index (χ2v) is 7.70. The molecule has 3 amide bonds. The van der Waals surface area contributed by atoms with Gasteiger partial charge in [-0.25, -0.2) is 14.6 Å². The molecule has 0 bridgehead atoms. The van der Waals surface area contributed by atoms with Crippen LogP contribution < -0.4 is 16.2 Å². The normalized spacial score (nSPS) is 15.4. The van der Waals surface area contributed by atoms with E-state index in [2.05, 4.69) is 15.6 Å². The first-order chi connectivity index (χ1) is 12.9. The highest BCUT2D eigenvalue weighted by atomic mass is 32.1. The van der Waals surface area contributed by atoms with Crippen molar-refractivity contribution < 1.29 is 19.1 Å². The number of hydrogen-bond acceptors (Lipinski definition) is 7. The first kappa shape index (κ1) is 17.7. The van der Waals surface area contributed by atoms with Crippen molar-refractivity contribution in [3.05, 3.63) is 26.6 Å². The molecule has 142 valence electrons. The zero-order chi connectivity index (χ0) is 19.1. The summed E-state index contributed by atoms with van der Waals surface area (Å²) in [6.45, 7) is 1.73. The van der Waals surface area contributed by atoms with Crippen LogP contribution in [-0.2, 0) is 22.5 Å². The largest absolute Gasteiger partial charge is 0.451 e. The summed E-state index contributed by atoms with van der Waals surface area (Å²) in [5.74, 6) is -0.690.